The van der Waals surface area contributed by atoms with Gasteiger partial charge in [0, 0.05) is 4.83 Å². The topological polar surface area (TPSA) is 0 Å². The highest BCUT2D eigenvalue weighted by atomic mass is 79.9. The normalized spacial score (nSPS) is 13.6. The number of halogens is 3. The second-order valence-corrected chi connectivity index (χ2v) is 8.57. The summed E-state index contributed by atoms with van der Waals surface area (Å²) < 4.78 is 2.42. The molecule has 0 bridgehead atoms. The van der Waals surface area contributed by atoms with Crippen molar-refractivity contribution < 1.29 is 0 Å². The summed E-state index contributed by atoms with van der Waals surface area (Å²) in [5.41, 5.74) is 1.36. The van der Waals surface area contributed by atoms with Crippen molar-refractivity contribution in [3.8, 4) is 0 Å². The SMILES string of the molecule is CC(C)CCC(Br)c1cc(Br)sc1Br. The van der Waals surface area contributed by atoms with E-state index in [1.54, 1.807) is 11.3 Å². The van der Waals surface area contributed by atoms with Crippen LogP contribution in [0.5, 0.6) is 0 Å². The second kappa shape index (κ2) is 6.02. The van der Waals surface area contributed by atoms with Gasteiger partial charge in [0.05, 0.1) is 7.57 Å². The highest BCUT2D eigenvalue weighted by molar-refractivity contribution is 9.12. The van der Waals surface area contributed by atoms with E-state index in [2.05, 4.69) is 67.7 Å². The van der Waals surface area contributed by atoms with E-state index < -0.39 is 0 Å². The van der Waals surface area contributed by atoms with Gasteiger partial charge >= 0.3 is 0 Å². The van der Waals surface area contributed by atoms with Gasteiger partial charge < -0.3 is 0 Å². The zero-order valence-electron chi connectivity index (χ0n) is 8.19. The fourth-order valence-corrected chi connectivity index (χ4v) is 5.26. The molecule has 80 valence electrons. The van der Waals surface area contributed by atoms with Crippen molar-refractivity contribution in [3.05, 3.63) is 19.2 Å². The van der Waals surface area contributed by atoms with Crippen LogP contribution in [0.2, 0.25) is 0 Å². The predicted molar refractivity (Wildman–Crippen MR) is 75.5 cm³/mol. The van der Waals surface area contributed by atoms with Crippen molar-refractivity contribution >= 4 is 59.1 Å². The van der Waals surface area contributed by atoms with Gasteiger partial charge in [-0.25, -0.2) is 0 Å². The van der Waals surface area contributed by atoms with Gasteiger partial charge in [-0.15, -0.1) is 11.3 Å². The van der Waals surface area contributed by atoms with Crippen LogP contribution < -0.4 is 0 Å². The van der Waals surface area contributed by atoms with Gasteiger partial charge in [-0.2, -0.15) is 0 Å². The van der Waals surface area contributed by atoms with E-state index in [4.69, 9.17) is 0 Å². The molecule has 0 saturated carbocycles. The first-order chi connectivity index (χ1) is 6.50. The van der Waals surface area contributed by atoms with Gasteiger partial charge in [0.1, 0.15) is 0 Å². The molecule has 0 N–H and O–H groups in total. The Kier molecular flexibility index (Phi) is 5.68. The lowest BCUT2D eigenvalue weighted by Crippen LogP contribution is -1.93. The third-order valence-corrected chi connectivity index (χ3v) is 5.35. The smallest absolute Gasteiger partial charge is 0.0753 e. The number of alkyl halides is 1. The van der Waals surface area contributed by atoms with Crippen LogP contribution in [0, 0.1) is 5.92 Å². The summed E-state index contributed by atoms with van der Waals surface area (Å²) in [4.78, 5) is 0.474. The van der Waals surface area contributed by atoms with E-state index in [-0.39, 0.29) is 0 Å². The summed E-state index contributed by atoms with van der Waals surface area (Å²) in [5, 5.41) is 0. The fourth-order valence-electron chi connectivity index (χ4n) is 1.20. The average molecular weight is 405 g/mol. The van der Waals surface area contributed by atoms with E-state index in [1.807, 2.05) is 0 Å². The number of thiophene rings is 1. The monoisotopic (exact) mass is 402 g/mol. The molecular weight excluding hydrogens is 392 g/mol. The zero-order valence-corrected chi connectivity index (χ0v) is 13.8. The summed E-state index contributed by atoms with van der Waals surface area (Å²) in [6, 6.07) is 2.19. The number of hydrogen-bond acceptors (Lipinski definition) is 1. The molecular formula is C10H13Br3S. The van der Waals surface area contributed by atoms with Crippen molar-refractivity contribution in [2.24, 2.45) is 5.92 Å². The van der Waals surface area contributed by atoms with Gasteiger partial charge in [0.15, 0.2) is 0 Å². The largest absolute Gasteiger partial charge is 0.121 e. The van der Waals surface area contributed by atoms with Gasteiger partial charge in [-0.05, 0) is 62.2 Å². The molecule has 1 aromatic heterocycles. The van der Waals surface area contributed by atoms with E-state index in [9.17, 15) is 0 Å². The van der Waals surface area contributed by atoms with Crippen molar-refractivity contribution in [2.45, 2.75) is 31.5 Å². The minimum absolute atomic E-state index is 0.474. The molecule has 1 aromatic rings. The van der Waals surface area contributed by atoms with Gasteiger partial charge in [0.2, 0.25) is 0 Å². The Morgan fingerprint density at radius 2 is 1.93 bits per heavy atom. The van der Waals surface area contributed by atoms with Crippen LogP contribution >= 0.6 is 59.1 Å². The van der Waals surface area contributed by atoms with Gasteiger partial charge in [-0.3, -0.25) is 0 Å². The molecule has 0 radical (unpaired) electrons. The van der Waals surface area contributed by atoms with Crippen LogP contribution in [0.4, 0.5) is 0 Å². The second-order valence-electron chi connectivity index (χ2n) is 3.72. The molecule has 1 heterocycles. The van der Waals surface area contributed by atoms with Crippen LogP contribution in [0.3, 0.4) is 0 Å². The van der Waals surface area contributed by atoms with Crippen LogP contribution in [0.25, 0.3) is 0 Å². The third-order valence-electron chi connectivity index (χ3n) is 2.02. The van der Waals surface area contributed by atoms with Gasteiger partial charge in [-0.1, -0.05) is 29.8 Å². The molecule has 1 unspecified atom stereocenters. The zero-order chi connectivity index (χ0) is 10.7. The van der Waals surface area contributed by atoms with Crippen LogP contribution in [-0.2, 0) is 0 Å². The predicted octanol–water partition coefficient (Wildman–Crippen LogP) is 6.15. The van der Waals surface area contributed by atoms with E-state index >= 15 is 0 Å². The minimum atomic E-state index is 0.474. The Balaban J connectivity index is 2.60. The maximum absolute atomic E-state index is 3.73. The number of hydrogen-bond donors (Lipinski definition) is 0. The lowest BCUT2D eigenvalue weighted by atomic mass is 10.0. The first kappa shape index (κ1) is 13.2. The van der Waals surface area contributed by atoms with Crippen molar-refractivity contribution in [1.29, 1.82) is 0 Å². The molecule has 0 aliphatic heterocycles. The lowest BCUT2D eigenvalue weighted by molar-refractivity contribution is 0.554. The molecule has 0 saturated heterocycles. The van der Waals surface area contributed by atoms with Crippen LogP contribution in [0.1, 0.15) is 37.1 Å². The molecule has 1 rings (SSSR count). The Morgan fingerprint density at radius 3 is 2.36 bits per heavy atom. The summed E-state index contributed by atoms with van der Waals surface area (Å²) >= 11 is 12.6. The van der Waals surface area contributed by atoms with Crippen LogP contribution in [-0.4, -0.2) is 0 Å². The minimum Gasteiger partial charge on any atom is -0.121 e. The Bertz CT molecular complexity index is 294. The third kappa shape index (κ3) is 3.95. The van der Waals surface area contributed by atoms with Crippen molar-refractivity contribution in [1.82, 2.24) is 0 Å². The molecule has 0 aromatic carbocycles. The average Bonchev–Trinajstić information content (AvgIpc) is 2.41. The van der Waals surface area contributed by atoms with Crippen molar-refractivity contribution in [2.75, 3.05) is 0 Å². The summed E-state index contributed by atoms with van der Waals surface area (Å²) in [6.07, 6.45) is 2.45. The Labute approximate surface area is 115 Å². The first-order valence-electron chi connectivity index (χ1n) is 4.59. The summed E-state index contributed by atoms with van der Waals surface area (Å²) in [7, 11) is 0. The highest BCUT2D eigenvalue weighted by Gasteiger charge is 2.14. The van der Waals surface area contributed by atoms with Crippen LogP contribution in [0.15, 0.2) is 13.6 Å². The molecule has 1 atom stereocenters. The highest BCUT2D eigenvalue weighted by Crippen LogP contribution is 2.40. The van der Waals surface area contributed by atoms with Gasteiger partial charge in [0.25, 0.3) is 0 Å². The van der Waals surface area contributed by atoms with Crippen molar-refractivity contribution in [3.63, 3.8) is 0 Å². The quantitative estimate of drug-likeness (QED) is 0.528. The molecule has 0 aliphatic carbocycles. The molecule has 0 aliphatic rings. The maximum atomic E-state index is 3.73. The van der Waals surface area contributed by atoms with E-state index in [0.29, 0.717) is 4.83 Å². The molecule has 0 spiro atoms. The summed E-state index contributed by atoms with van der Waals surface area (Å²) in [6.45, 7) is 4.52. The standard InChI is InChI=1S/C10H13Br3S/c1-6(2)3-4-8(11)7-5-9(12)14-10(7)13/h5-6,8H,3-4H2,1-2H3. The molecule has 0 nitrogen and oxygen atoms in total. The maximum Gasteiger partial charge on any atom is 0.0753 e. The molecule has 0 fully saturated rings. The Morgan fingerprint density at radius 1 is 1.29 bits per heavy atom. The first-order valence-corrected chi connectivity index (χ1v) is 7.91. The number of rotatable bonds is 4. The lowest BCUT2D eigenvalue weighted by Gasteiger charge is -2.10. The molecule has 4 heteroatoms. The molecule has 14 heavy (non-hydrogen) atoms. The molecule has 0 amide bonds. The fraction of sp³-hybridized carbons (Fsp3) is 0.600. The van der Waals surface area contributed by atoms with E-state index in [1.165, 1.54) is 26.0 Å². The Hall–Kier alpha value is 1.14. The summed E-state index contributed by atoms with van der Waals surface area (Å²) in [5.74, 6) is 0.774. The van der Waals surface area contributed by atoms with E-state index in [0.717, 1.165) is 5.92 Å².